The average Bonchev–Trinajstić information content (AvgIpc) is 2.45. The minimum absolute atomic E-state index is 0.0481. The predicted molar refractivity (Wildman–Crippen MR) is 76.7 cm³/mol. The minimum Gasteiger partial charge on any atom is -0.396 e. The Balaban J connectivity index is 2.52. The molecule has 0 aromatic heterocycles. The lowest BCUT2D eigenvalue weighted by Crippen LogP contribution is -2.38. The topological polar surface area (TPSA) is 43.8 Å². The maximum absolute atomic E-state index is 13.5. The number of hydrogen-bond donors (Lipinski definition) is 1. The molecule has 1 aromatic rings. The fraction of sp³-hybridized carbons (Fsp3) is 0.533. The number of aliphatic hydroxyl groups excluding tert-OH is 1. The van der Waals surface area contributed by atoms with E-state index in [0.717, 1.165) is 6.54 Å². The molecule has 1 rings (SSSR count). The summed E-state index contributed by atoms with van der Waals surface area (Å²) in [5.41, 5.74) is 0.516. The third-order valence-electron chi connectivity index (χ3n) is 3.23. The average molecular weight is 282 g/mol. The highest BCUT2D eigenvalue weighted by molar-refractivity contribution is 5.78. The molecule has 1 amide bonds. The molecule has 1 N–H and O–H groups in total. The van der Waals surface area contributed by atoms with E-state index in [1.54, 1.807) is 25.2 Å². The number of carbonyl (C=O) groups excluding carboxylic acids is 1. The molecule has 20 heavy (non-hydrogen) atoms. The van der Waals surface area contributed by atoms with Crippen molar-refractivity contribution in [1.82, 2.24) is 9.80 Å². The summed E-state index contributed by atoms with van der Waals surface area (Å²) in [5.74, 6) is -0.340. The van der Waals surface area contributed by atoms with Crippen LogP contribution >= 0.6 is 0 Å². The highest BCUT2D eigenvalue weighted by atomic mass is 19.1. The van der Waals surface area contributed by atoms with E-state index in [2.05, 4.69) is 0 Å². The van der Waals surface area contributed by atoms with Crippen molar-refractivity contribution < 1.29 is 14.3 Å². The van der Waals surface area contributed by atoms with Gasteiger partial charge in [0.15, 0.2) is 0 Å². The molecule has 0 spiro atoms. The van der Waals surface area contributed by atoms with Gasteiger partial charge in [0.05, 0.1) is 6.54 Å². The van der Waals surface area contributed by atoms with Crippen molar-refractivity contribution in [1.29, 1.82) is 0 Å². The van der Waals surface area contributed by atoms with Crippen LogP contribution in [-0.2, 0) is 11.3 Å². The van der Waals surface area contributed by atoms with Crippen molar-refractivity contribution >= 4 is 5.91 Å². The van der Waals surface area contributed by atoms with Gasteiger partial charge in [-0.25, -0.2) is 4.39 Å². The van der Waals surface area contributed by atoms with Gasteiger partial charge in [-0.05, 0) is 19.0 Å². The number of hydrogen-bond acceptors (Lipinski definition) is 3. The van der Waals surface area contributed by atoms with Gasteiger partial charge in [-0.15, -0.1) is 0 Å². The molecule has 0 aliphatic heterocycles. The van der Waals surface area contributed by atoms with E-state index >= 15 is 0 Å². The summed E-state index contributed by atoms with van der Waals surface area (Å²) in [6, 6.07) is 6.47. The Hall–Kier alpha value is -1.46. The second-order valence-electron chi connectivity index (χ2n) is 4.79. The molecule has 0 fully saturated rings. The predicted octanol–water partition coefficient (Wildman–Crippen LogP) is 1.49. The second-order valence-corrected chi connectivity index (χ2v) is 4.79. The number of halogens is 1. The number of carbonyl (C=O) groups is 1. The smallest absolute Gasteiger partial charge is 0.236 e. The van der Waals surface area contributed by atoms with Crippen LogP contribution in [0, 0.1) is 5.82 Å². The Kier molecular flexibility index (Phi) is 7.18. The summed E-state index contributed by atoms with van der Waals surface area (Å²) in [6.07, 6.45) is 0.651. The van der Waals surface area contributed by atoms with Gasteiger partial charge >= 0.3 is 0 Å². The standard InChI is InChI=1S/C15H23FN2O2/c1-3-18(9-6-10-19)12-15(20)17(2)11-13-7-4-5-8-14(13)16/h4-5,7-8,19H,3,6,9-12H2,1-2H3. The molecule has 0 saturated carbocycles. The monoisotopic (exact) mass is 282 g/mol. The number of likely N-dealkylation sites (N-methyl/N-ethyl adjacent to an activating group) is 2. The summed E-state index contributed by atoms with van der Waals surface area (Å²) in [4.78, 5) is 15.6. The highest BCUT2D eigenvalue weighted by Crippen LogP contribution is 2.09. The normalized spacial score (nSPS) is 10.8. The lowest BCUT2D eigenvalue weighted by Gasteiger charge is -2.24. The van der Waals surface area contributed by atoms with Crippen LogP contribution in [0.5, 0.6) is 0 Å². The van der Waals surface area contributed by atoms with Crippen molar-refractivity contribution in [3.05, 3.63) is 35.6 Å². The molecule has 4 nitrogen and oxygen atoms in total. The van der Waals surface area contributed by atoms with Gasteiger partial charge in [0.25, 0.3) is 0 Å². The van der Waals surface area contributed by atoms with Crippen molar-refractivity contribution in [2.45, 2.75) is 19.9 Å². The van der Waals surface area contributed by atoms with Crippen LogP contribution in [0.2, 0.25) is 0 Å². The molecule has 0 unspecified atom stereocenters. The second kappa shape index (κ2) is 8.66. The Morgan fingerprint density at radius 2 is 2.05 bits per heavy atom. The van der Waals surface area contributed by atoms with Crippen LogP contribution in [0.1, 0.15) is 18.9 Å². The number of amides is 1. The van der Waals surface area contributed by atoms with E-state index in [-0.39, 0.29) is 24.9 Å². The summed E-state index contributed by atoms with van der Waals surface area (Å²) >= 11 is 0. The van der Waals surface area contributed by atoms with E-state index in [0.29, 0.717) is 25.1 Å². The Bertz CT molecular complexity index is 426. The maximum atomic E-state index is 13.5. The van der Waals surface area contributed by atoms with Crippen LogP contribution in [-0.4, -0.2) is 54.1 Å². The zero-order chi connectivity index (χ0) is 15.0. The molecule has 0 bridgehead atoms. The summed E-state index contributed by atoms with van der Waals surface area (Å²) in [5, 5.41) is 8.82. The van der Waals surface area contributed by atoms with Crippen molar-refractivity contribution in [3.8, 4) is 0 Å². The number of benzene rings is 1. The molecule has 0 aliphatic rings. The highest BCUT2D eigenvalue weighted by Gasteiger charge is 2.14. The van der Waals surface area contributed by atoms with Gasteiger partial charge < -0.3 is 10.0 Å². The molecule has 0 aliphatic carbocycles. The number of nitrogens with zero attached hydrogens (tertiary/aromatic N) is 2. The Labute approximate surface area is 119 Å². The molecule has 1 aromatic carbocycles. The van der Waals surface area contributed by atoms with Crippen molar-refractivity contribution in [2.75, 3.05) is 33.3 Å². The van der Waals surface area contributed by atoms with Gasteiger partial charge in [0, 0.05) is 32.3 Å². The Morgan fingerprint density at radius 3 is 2.65 bits per heavy atom. The first kappa shape index (κ1) is 16.6. The molecule has 112 valence electrons. The lowest BCUT2D eigenvalue weighted by atomic mass is 10.2. The maximum Gasteiger partial charge on any atom is 0.236 e. The quantitative estimate of drug-likeness (QED) is 0.785. The van der Waals surface area contributed by atoms with E-state index in [1.165, 1.54) is 11.0 Å². The van der Waals surface area contributed by atoms with Gasteiger partial charge in [-0.1, -0.05) is 25.1 Å². The van der Waals surface area contributed by atoms with Gasteiger partial charge in [-0.3, -0.25) is 9.69 Å². The molecular weight excluding hydrogens is 259 g/mol. The van der Waals surface area contributed by atoms with E-state index in [4.69, 9.17) is 5.11 Å². The van der Waals surface area contributed by atoms with E-state index < -0.39 is 0 Å². The summed E-state index contributed by atoms with van der Waals surface area (Å²) in [6.45, 7) is 4.09. The lowest BCUT2D eigenvalue weighted by molar-refractivity contribution is -0.131. The van der Waals surface area contributed by atoms with Crippen molar-refractivity contribution in [3.63, 3.8) is 0 Å². The Morgan fingerprint density at radius 1 is 1.35 bits per heavy atom. The van der Waals surface area contributed by atoms with Crippen LogP contribution in [0.3, 0.4) is 0 Å². The largest absolute Gasteiger partial charge is 0.396 e. The molecule has 0 radical (unpaired) electrons. The van der Waals surface area contributed by atoms with Crippen LogP contribution in [0.4, 0.5) is 4.39 Å². The van der Waals surface area contributed by atoms with Crippen LogP contribution < -0.4 is 0 Å². The molecular formula is C15H23FN2O2. The molecule has 0 atom stereocenters. The fourth-order valence-corrected chi connectivity index (χ4v) is 1.93. The molecule has 0 heterocycles. The van der Waals surface area contributed by atoms with Gasteiger partial charge in [-0.2, -0.15) is 0 Å². The summed E-state index contributed by atoms with van der Waals surface area (Å²) < 4.78 is 13.5. The fourth-order valence-electron chi connectivity index (χ4n) is 1.93. The first-order chi connectivity index (χ1) is 9.58. The molecule has 5 heteroatoms. The molecule has 0 saturated heterocycles. The third-order valence-corrected chi connectivity index (χ3v) is 3.23. The number of rotatable bonds is 8. The first-order valence-corrected chi connectivity index (χ1v) is 6.89. The number of aliphatic hydroxyl groups is 1. The van der Waals surface area contributed by atoms with Crippen LogP contribution in [0.25, 0.3) is 0 Å². The zero-order valence-electron chi connectivity index (χ0n) is 12.2. The van der Waals surface area contributed by atoms with Gasteiger partial charge in [0.1, 0.15) is 5.82 Å². The zero-order valence-corrected chi connectivity index (χ0v) is 12.2. The first-order valence-electron chi connectivity index (χ1n) is 6.89. The minimum atomic E-state index is -0.292. The van der Waals surface area contributed by atoms with E-state index in [9.17, 15) is 9.18 Å². The van der Waals surface area contributed by atoms with Crippen molar-refractivity contribution in [2.24, 2.45) is 0 Å². The van der Waals surface area contributed by atoms with E-state index in [1.807, 2.05) is 11.8 Å². The third kappa shape index (κ3) is 5.27. The summed E-state index contributed by atoms with van der Waals surface area (Å²) in [7, 11) is 1.68. The SMILES string of the molecule is CCN(CCCO)CC(=O)N(C)Cc1ccccc1F. The van der Waals surface area contributed by atoms with Gasteiger partial charge in [0.2, 0.25) is 5.91 Å². The van der Waals surface area contributed by atoms with Crippen LogP contribution in [0.15, 0.2) is 24.3 Å².